The molecule has 10 heavy (non-hydrogen) atoms. The Bertz CT molecular complexity index is 79.4. The molecule has 0 rings (SSSR count). The van der Waals surface area contributed by atoms with Gasteiger partial charge in [-0.15, -0.1) is 0 Å². The van der Waals surface area contributed by atoms with E-state index in [2.05, 4.69) is 0 Å². The van der Waals surface area contributed by atoms with Gasteiger partial charge in [0, 0.05) is 13.8 Å². The molecular formula is C4H12CaO5. The van der Waals surface area contributed by atoms with Crippen LogP contribution in [0.25, 0.3) is 0 Å². The van der Waals surface area contributed by atoms with Crippen LogP contribution in [0.4, 0.5) is 0 Å². The van der Waals surface area contributed by atoms with E-state index in [9.17, 15) is 0 Å². The third kappa shape index (κ3) is 16400. The zero-order chi connectivity index (χ0) is 7.15. The largest absolute Gasteiger partial charge is 2.00 e. The molecule has 0 aromatic rings. The first-order valence-corrected chi connectivity index (χ1v) is 1.86. The number of hydrogen-bond donors (Lipinski definition) is 2. The molecule has 4 N–H and O–H groups in total. The Labute approximate surface area is 91.3 Å². The van der Waals surface area contributed by atoms with Crippen molar-refractivity contribution in [2.24, 2.45) is 0 Å². The SMILES string of the molecule is CC(=O)O.CC(=O)O.O.[Ca+2].[H-].[H-]. The second-order valence-electron chi connectivity index (χ2n) is 1.04. The van der Waals surface area contributed by atoms with E-state index in [0.29, 0.717) is 0 Å². The van der Waals surface area contributed by atoms with E-state index in [1.54, 1.807) is 0 Å². The fourth-order valence-corrected chi connectivity index (χ4v) is 0. The molecule has 0 aromatic heterocycles. The maximum atomic E-state index is 9.00. The zero-order valence-corrected chi connectivity index (χ0v) is 8.13. The van der Waals surface area contributed by atoms with Crippen molar-refractivity contribution >= 4 is 49.7 Å². The summed E-state index contributed by atoms with van der Waals surface area (Å²) in [5.41, 5.74) is 0. The molecule has 6 heteroatoms. The topological polar surface area (TPSA) is 106 Å². The van der Waals surface area contributed by atoms with Crippen molar-refractivity contribution in [1.82, 2.24) is 0 Å². The van der Waals surface area contributed by atoms with Crippen molar-refractivity contribution in [3.05, 3.63) is 0 Å². The number of carbonyl (C=O) groups is 2. The molecule has 0 saturated heterocycles. The van der Waals surface area contributed by atoms with Crippen molar-refractivity contribution in [3.8, 4) is 0 Å². The normalized spacial score (nSPS) is 5.00. The molecule has 60 valence electrons. The van der Waals surface area contributed by atoms with Gasteiger partial charge >= 0.3 is 37.7 Å². The van der Waals surface area contributed by atoms with Crippen LogP contribution in [-0.2, 0) is 9.59 Å². The second-order valence-corrected chi connectivity index (χ2v) is 1.04. The van der Waals surface area contributed by atoms with E-state index in [1.165, 1.54) is 0 Å². The van der Waals surface area contributed by atoms with Crippen molar-refractivity contribution in [1.29, 1.82) is 0 Å². The molecule has 0 aliphatic rings. The predicted molar refractivity (Wildman–Crippen MR) is 38.2 cm³/mol. The molecule has 0 radical (unpaired) electrons. The third-order valence-electron chi connectivity index (χ3n) is 0. The average molecular weight is 180 g/mol. The van der Waals surface area contributed by atoms with Crippen LogP contribution in [0.1, 0.15) is 16.7 Å². The summed E-state index contributed by atoms with van der Waals surface area (Å²) in [5.74, 6) is -1.67. The van der Waals surface area contributed by atoms with E-state index >= 15 is 0 Å². The predicted octanol–water partition coefficient (Wildman–Crippen LogP) is -0.799. The molecule has 0 unspecified atom stereocenters. The summed E-state index contributed by atoms with van der Waals surface area (Å²) in [6, 6.07) is 0. The van der Waals surface area contributed by atoms with Gasteiger partial charge in [-0.1, -0.05) is 0 Å². The summed E-state index contributed by atoms with van der Waals surface area (Å²) in [6.45, 7) is 2.17. The van der Waals surface area contributed by atoms with Gasteiger partial charge in [0.25, 0.3) is 11.9 Å². The van der Waals surface area contributed by atoms with Crippen LogP contribution in [0.5, 0.6) is 0 Å². The Morgan fingerprint density at radius 3 is 1.10 bits per heavy atom. The molecule has 0 heterocycles. The van der Waals surface area contributed by atoms with Gasteiger partial charge in [0.05, 0.1) is 0 Å². The van der Waals surface area contributed by atoms with Crippen molar-refractivity contribution in [2.75, 3.05) is 0 Å². The van der Waals surface area contributed by atoms with E-state index in [-0.39, 0.29) is 46.1 Å². The first kappa shape index (κ1) is 22.5. The van der Waals surface area contributed by atoms with Crippen LogP contribution >= 0.6 is 0 Å². The summed E-state index contributed by atoms with van der Waals surface area (Å²) in [6.07, 6.45) is 0. The quantitative estimate of drug-likeness (QED) is 0.476. The number of aliphatic carboxylic acids is 2. The van der Waals surface area contributed by atoms with Gasteiger partial charge in [-0.25, -0.2) is 0 Å². The van der Waals surface area contributed by atoms with Crippen LogP contribution in [-0.4, -0.2) is 65.4 Å². The van der Waals surface area contributed by atoms with Crippen molar-refractivity contribution in [3.63, 3.8) is 0 Å². The van der Waals surface area contributed by atoms with Crippen LogP contribution in [0.15, 0.2) is 0 Å². The number of carboxylic acid groups (broad SMARTS) is 2. The van der Waals surface area contributed by atoms with Gasteiger partial charge in [0.2, 0.25) is 0 Å². The Morgan fingerprint density at radius 2 is 1.10 bits per heavy atom. The number of carboxylic acids is 2. The Morgan fingerprint density at radius 1 is 1.10 bits per heavy atom. The monoisotopic (exact) mass is 180 g/mol. The summed E-state index contributed by atoms with van der Waals surface area (Å²) >= 11 is 0. The molecule has 5 nitrogen and oxygen atoms in total. The molecule has 0 bridgehead atoms. The van der Waals surface area contributed by atoms with Gasteiger partial charge in [-0.05, 0) is 0 Å². The molecule has 0 amide bonds. The third-order valence-corrected chi connectivity index (χ3v) is 0. The Balaban J connectivity index is -0.0000000112. The van der Waals surface area contributed by atoms with Crippen LogP contribution in [0.3, 0.4) is 0 Å². The minimum Gasteiger partial charge on any atom is -1.00 e. The van der Waals surface area contributed by atoms with Gasteiger partial charge in [-0.3, -0.25) is 9.59 Å². The molecule has 0 aliphatic heterocycles. The molecule has 0 saturated carbocycles. The minimum absolute atomic E-state index is 0. The van der Waals surface area contributed by atoms with Crippen LogP contribution in [0.2, 0.25) is 0 Å². The smallest absolute Gasteiger partial charge is 1.00 e. The summed E-state index contributed by atoms with van der Waals surface area (Å²) in [7, 11) is 0. The Hall–Kier alpha value is 0.160. The first-order valence-electron chi connectivity index (χ1n) is 1.86. The maximum absolute atomic E-state index is 9.00. The first-order chi connectivity index (χ1) is 3.46. The van der Waals surface area contributed by atoms with Gasteiger partial charge in [0.15, 0.2) is 0 Å². The average Bonchev–Trinajstić information content (AvgIpc) is 1.25. The van der Waals surface area contributed by atoms with Crippen molar-refractivity contribution < 1.29 is 28.1 Å². The fourth-order valence-electron chi connectivity index (χ4n) is 0. The van der Waals surface area contributed by atoms with Crippen LogP contribution in [0, 0.1) is 0 Å². The van der Waals surface area contributed by atoms with E-state index in [1.807, 2.05) is 0 Å². The van der Waals surface area contributed by atoms with Crippen molar-refractivity contribution in [2.45, 2.75) is 13.8 Å². The van der Waals surface area contributed by atoms with E-state index in [4.69, 9.17) is 19.8 Å². The molecule has 0 atom stereocenters. The van der Waals surface area contributed by atoms with E-state index < -0.39 is 11.9 Å². The van der Waals surface area contributed by atoms with Gasteiger partial charge in [0.1, 0.15) is 0 Å². The second kappa shape index (κ2) is 16.1. The molecule has 0 aliphatic carbocycles. The standard InChI is InChI=1S/2C2H4O2.Ca.H2O.2H/c2*1-2(3)4;;;;/h2*1H3,(H,3,4);;1H2;;/q;;+2;;2*-1. The Kier molecular flexibility index (Phi) is 36.1. The maximum Gasteiger partial charge on any atom is 2.00 e. The summed E-state index contributed by atoms with van der Waals surface area (Å²) < 4.78 is 0. The minimum atomic E-state index is -0.833. The van der Waals surface area contributed by atoms with Gasteiger partial charge < -0.3 is 18.5 Å². The van der Waals surface area contributed by atoms with Gasteiger partial charge in [-0.2, -0.15) is 0 Å². The van der Waals surface area contributed by atoms with Crippen LogP contribution < -0.4 is 0 Å². The summed E-state index contributed by atoms with van der Waals surface area (Å²) in [4.78, 5) is 18.0. The zero-order valence-electron chi connectivity index (χ0n) is 7.92. The summed E-state index contributed by atoms with van der Waals surface area (Å²) in [5, 5.41) is 14.8. The fraction of sp³-hybridized carbons (Fsp3) is 0.500. The molecule has 0 spiro atoms. The molecular weight excluding hydrogens is 168 g/mol. The molecule has 0 fully saturated rings. The van der Waals surface area contributed by atoms with E-state index in [0.717, 1.165) is 13.8 Å². The number of rotatable bonds is 0. The number of hydrogen-bond acceptors (Lipinski definition) is 2. The molecule has 0 aromatic carbocycles.